The summed E-state index contributed by atoms with van der Waals surface area (Å²) in [6.07, 6.45) is 0. The second kappa shape index (κ2) is 9.96. The number of anilines is 1. The highest BCUT2D eigenvalue weighted by Gasteiger charge is 2.27. The van der Waals surface area contributed by atoms with Gasteiger partial charge in [0.25, 0.3) is 0 Å². The lowest BCUT2D eigenvalue weighted by Gasteiger charge is -2.37. The quantitative estimate of drug-likeness (QED) is 0.628. The number of amides is 1. The Kier molecular flexibility index (Phi) is 7.34. The van der Waals surface area contributed by atoms with E-state index in [2.05, 4.69) is 35.0 Å². The molecule has 0 spiro atoms. The highest BCUT2D eigenvalue weighted by Crippen LogP contribution is 2.26. The van der Waals surface area contributed by atoms with Gasteiger partial charge in [0.1, 0.15) is 6.04 Å². The zero-order valence-corrected chi connectivity index (χ0v) is 18.8. The monoisotopic (exact) mass is 427 g/mol. The van der Waals surface area contributed by atoms with E-state index in [1.54, 1.807) is 0 Å². The van der Waals surface area contributed by atoms with Crippen molar-refractivity contribution in [3.63, 3.8) is 0 Å². The van der Waals surface area contributed by atoms with Gasteiger partial charge >= 0.3 is 0 Å². The van der Waals surface area contributed by atoms with Crippen LogP contribution in [0, 0.1) is 11.3 Å². The Morgan fingerprint density at radius 2 is 1.83 bits per heavy atom. The van der Waals surface area contributed by atoms with E-state index in [4.69, 9.17) is 0 Å². The van der Waals surface area contributed by atoms with Gasteiger partial charge < -0.3 is 9.80 Å². The molecule has 1 fully saturated rings. The molecule has 0 bridgehead atoms. The molecule has 0 aliphatic carbocycles. The molecule has 8 nitrogen and oxygen atoms in total. The van der Waals surface area contributed by atoms with E-state index >= 15 is 0 Å². The van der Waals surface area contributed by atoms with Gasteiger partial charge in [-0.3, -0.25) is 14.3 Å². The van der Waals surface area contributed by atoms with Crippen LogP contribution in [-0.4, -0.2) is 76.5 Å². The van der Waals surface area contributed by atoms with Crippen LogP contribution in [-0.2, 0) is 4.79 Å². The maximum atomic E-state index is 12.8. The molecule has 1 aromatic carbocycles. The predicted octanol–water partition coefficient (Wildman–Crippen LogP) is 2.43. The Balaban J connectivity index is 1.56. The molecule has 1 aromatic heterocycles. The first kappa shape index (κ1) is 22.1. The third-order valence-corrected chi connectivity index (χ3v) is 6.09. The number of nitriles is 1. The van der Waals surface area contributed by atoms with Gasteiger partial charge in [-0.05, 0) is 19.4 Å². The Morgan fingerprint density at radius 3 is 2.40 bits per heavy atom. The number of hydrogen-bond acceptors (Lipinski definition) is 7. The molecule has 3 rings (SSSR count). The zero-order valence-electron chi connectivity index (χ0n) is 18.0. The van der Waals surface area contributed by atoms with Crippen LogP contribution in [0.3, 0.4) is 0 Å². The lowest BCUT2D eigenvalue weighted by Crippen LogP contribution is -2.50. The third kappa shape index (κ3) is 4.94. The lowest BCUT2D eigenvalue weighted by atomic mass is 10.1. The molecule has 1 aliphatic heterocycles. The number of carbonyl (C=O) groups is 1. The van der Waals surface area contributed by atoms with Crippen molar-refractivity contribution < 1.29 is 4.79 Å². The van der Waals surface area contributed by atoms with E-state index < -0.39 is 0 Å². The minimum absolute atomic E-state index is 0.0950. The van der Waals surface area contributed by atoms with Crippen LogP contribution < -0.4 is 4.90 Å². The molecule has 160 valence electrons. The van der Waals surface area contributed by atoms with Gasteiger partial charge in [0.15, 0.2) is 5.16 Å². The number of rotatable bonds is 7. The summed E-state index contributed by atoms with van der Waals surface area (Å²) in [6, 6.07) is 12.2. The van der Waals surface area contributed by atoms with Crippen molar-refractivity contribution in [1.82, 2.24) is 24.6 Å². The molecule has 0 N–H and O–H groups in total. The van der Waals surface area contributed by atoms with E-state index in [9.17, 15) is 10.1 Å². The molecule has 9 heteroatoms. The van der Waals surface area contributed by atoms with Gasteiger partial charge in [-0.15, -0.1) is 10.2 Å². The Bertz CT molecular complexity index is 883. The molecule has 0 saturated carbocycles. The Morgan fingerprint density at radius 1 is 1.17 bits per heavy atom. The van der Waals surface area contributed by atoms with Crippen molar-refractivity contribution in [3.8, 4) is 6.07 Å². The van der Waals surface area contributed by atoms with Crippen molar-refractivity contribution in [1.29, 1.82) is 5.26 Å². The topological polar surface area (TPSA) is 81.3 Å². The van der Waals surface area contributed by atoms with E-state index in [0.717, 1.165) is 16.7 Å². The van der Waals surface area contributed by atoms with E-state index in [1.165, 1.54) is 11.8 Å². The zero-order chi connectivity index (χ0) is 21.7. The highest BCUT2D eigenvalue weighted by molar-refractivity contribution is 7.99. The molecule has 1 saturated heterocycles. The number of carbonyl (C=O) groups excluding carboxylic acids is 1. The molecule has 1 unspecified atom stereocenters. The summed E-state index contributed by atoms with van der Waals surface area (Å²) in [4.78, 5) is 18.7. The molecule has 2 aromatic rings. The van der Waals surface area contributed by atoms with Crippen LogP contribution in [0.15, 0.2) is 35.5 Å². The molecular weight excluding hydrogens is 398 g/mol. The van der Waals surface area contributed by atoms with Crippen molar-refractivity contribution in [2.75, 3.05) is 50.9 Å². The maximum Gasteiger partial charge on any atom is 0.233 e. The number of benzene rings is 1. The average Bonchev–Trinajstić information content (AvgIpc) is 3.18. The van der Waals surface area contributed by atoms with Crippen LogP contribution >= 0.6 is 11.8 Å². The van der Waals surface area contributed by atoms with E-state index in [0.29, 0.717) is 31.9 Å². The van der Waals surface area contributed by atoms with E-state index in [1.807, 2.05) is 58.8 Å². The van der Waals surface area contributed by atoms with Crippen LogP contribution in [0.4, 0.5) is 5.95 Å². The smallest absolute Gasteiger partial charge is 0.233 e. The number of thioether (sulfide) groups is 1. The van der Waals surface area contributed by atoms with Gasteiger partial charge in [-0.25, -0.2) is 0 Å². The fourth-order valence-electron chi connectivity index (χ4n) is 3.57. The minimum Gasteiger partial charge on any atom is -0.347 e. The van der Waals surface area contributed by atoms with Crippen LogP contribution in [0.2, 0.25) is 0 Å². The van der Waals surface area contributed by atoms with Gasteiger partial charge in [0.2, 0.25) is 11.9 Å². The normalized spacial score (nSPS) is 15.8. The van der Waals surface area contributed by atoms with Crippen LogP contribution in [0.5, 0.6) is 0 Å². The van der Waals surface area contributed by atoms with Gasteiger partial charge in [-0.1, -0.05) is 42.1 Å². The summed E-state index contributed by atoms with van der Waals surface area (Å²) in [5, 5.41) is 18.9. The summed E-state index contributed by atoms with van der Waals surface area (Å²) in [6.45, 7) is 6.81. The molecular formula is C21H29N7OS. The third-order valence-electron chi connectivity index (χ3n) is 5.16. The van der Waals surface area contributed by atoms with Crippen molar-refractivity contribution in [3.05, 3.63) is 35.9 Å². The highest BCUT2D eigenvalue weighted by atomic mass is 32.2. The number of piperazine rings is 1. The Hall–Kier alpha value is -2.57. The van der Waals surface area contributed by atoms with Gasteiger partial charge in [0, 0.05) is 46.3 Å². The lowest BCUT2D eigenvalue weighted by molar-refractivity contribution is -0.130. The first-order valence-corrected chi connectivity index (χ1v) is 11.1. The first-order chi connectivity index (χ1) is 14.4. The SMILES string of the molecule is CC(C)n1c(SCC(=O)N2CCN(C(C#N)c3ccccc3)CC2)nnc1N(C)C. The number of aromatic nitrogens is 3. The largest absolute Gasteiger partial charge is 0.347 e. The average molecular weight is 428 g/mol. The maximum absolute atomic E-state index is 12.8. The molecule has 1 amide bonds. The molecule has 0 radical (unpaired) electrons. The van der Waals surface area contributed by atoms with Crippen LogP contribution in [0.1, 0.15) is 31.5 Å². The number of hydrogen-bond donors (Lipinski definition) is 0. The van der Waals surface area contributed by atoms with Gasteiger partial charge in [0.05, 0.1) is 11.8 Å². The fourth-order valence-corrected chi connectivity index (χ4v) is 4.54. The Labute approximate surface area is 182 Å². The van der Waals surface area contributed by atoms with Crippen molar-refractivity contribution in [2.24, 2.45) is 0 Å². The standard InChI is InChI=1S/C21H29N7OS/c1-16(2)28-20(25(3)4)23-24-21(28)30-15-19(29)27-12-10-26(11-13-27)18(14-22)17-8-6-5-7-9-17/h5-9,16,18H,10-13,15H2,1-4H3. The molecule has 1 aliphatic rings. The van der Waals surface area contributed by atoms with E-state index in [-0.39, 0.29) is 18.0 Å². The second-order valence-electron chi connectivity index (χ2n) is 7.79. The summed E-state index contributed by atoms with van der Waals surface area (Å²) in [5.41, 5.74) is 1.00. The summed E-state index contributed by atoms with van der Waals surface area (Å²) in [5.74, 6) is 1.22. The van der Waals surface area contributed by atoms with Crippen molar-refractivity contribution >= 4 is 23.6 Å². The summed E-state index contributed by atoms with van der Waals surface area (Å²) >= 11 is 1.43. The van der Waals surface area contributed by atoms with Crippen molar-refractivity contribution in [2.45, 2.75) is 31.1 Å². The first-order valence-electron chi connectivity index (χ1n) is 10.1. The predicted molar refractivity (Wildman–Crippen MR) is 118 cm³/mol. The summed E-state index contributed by atoms with van der Waals surface area (Å²) in [7, 11) is 3.87. The minimum atomic E-state index is -0.271. The fraction of sp³-hybridized carbons (Fsp3) is 0.524. The molecule has 1 atom stereocenters. The summed E-state index contributed by atoms with van der Waals surface area (Å²) < 4.78 is 2.05. The van der Waals surface area contributed by atoms with Crippen LogP contribution in [0.25, 0.3) is 0 Å². The molecule has 30 heavy (non-hydrogen) atoms. The molecule has 2 heterocycles. The van der Waals surface area contributed by atoms with Gasteiger partial charge in [-0.2, -0.15) is 5.26 Å². The number of nitrogens with zero attached hydrogens (tertiary/aromatic N) is 7. The second-order valence-corrected chi connectivity index (χ2v) is 8.73.